The molecule has 2 heterocycles. The van der Waals surface area contributed by atoms with Gasteiger partial charge in [0.15, 0.2) is 0 Å². The lowest BCUT2D eigenvalue weighted by Crippen LogP contribution is -2.17. The monoisotopic (exact) mass is 220 g/mol. The van der Waals surface area contributed by atoms with Crippen molar-refractivity contribution >= 4 is 28.2 Å². The molecule has 15 heavy (non-hydrogen) atoms. The van der Waals surface area contributed by atoms with Gasteiger partial charge >= 0.3 is 5.69 Å². The molecule has 0 bridgehead atoms. The van der Waals surface area contributed by atoms with Gasteiger partial charge in [0.1, 0.15) is 12.0 Å². The minimum Gasteiger partial charge on any atom is -0.329 e. The number of halogens is 1. The molecule has 0 saturated carbocycles. The first kappa shape index (κ1) is 8.43. The first-order chi connectivity index (χ1) is 7.27. The maximum atomic E-state index is 11.5. The van der Waals surface area contributed by atoms with E-state index in [1.165, 1.54) is 10.8 Å². The Bertz CT molecular complexity index is 715. The maximum absolute atomic E-state index is 11.5. The molecule has 1 N–H and O–H groups in total. The summed E-state index contributed by atoms with van der Waals surface area (Å²) in [6.45, 7) is 0. The zero-order chi connectivity index (χ0) is 10.4. The molecule has 74 valence electrons. The number of nitrogens with zero attached hydrogens (tertiary/aromatic N) is 3. The van der Waals surface area contributed by atoms with E-state index < -0.39 is 5.69 Å². The summed E-state index contributed by atoms with van der Waals surface area (Å²) in [5, 5.41) is 5.08. The average molecular weight is 221 g/mol. The van der Waals surface area contributed by atoms with Gasteiger partial charge in [-0.1, -0.05) is 17.7 Å². The van der Waals surface area contributed by atoms with Crippen LogP contribution in [0.4, 0.5) is 0 Å². The lowest BCUT2D eigenvalue weighted by molar-refractivity contribution is 0.882. The molecule has 0 unspecified atom stereocenters. The normalized spacial score (nSPS) is 11.3. The fraction of sp³-hybridized carbons (Fsp3) is 0. The van der Waals surface area contributed by atoms with Gasteiger partial charge in [-0.15, -0.1) is 0 Å². The molecular weight excluding hydrogens is 216 g/mol. The second-order valence-corrected chi connectivity index (χ2v) is 3.49. The molecule has 6 heteroatoms. The number of aromatic amines is 1. The van der Waals surface area contributed by atoms with Crippen LogP contribution in [0.3, 0.4) is 0 Å². The molecule has 1 aromatic carbocycles. The van der Waals surface area contributed by atoms with Crippen LogP contribution in [0.5, 0.6) is 0 Å². The third kappa shape index (κ3) is 1.07. The van der Waals surface area contributed by atoms with E-state index in [-0.39, 0.29) is 0 Å². The van der Waals surface area contributed by atoms with Crippen molar-refractivity contribution in [3.8, 4) is 0 Å². The fourth-order valence-corrected chi connectivity index (χ4v) is 1.78. The Morgan fingerprint density at radius 1 is 1.40 bits per heavy atom. The molecule has 0 saturated heterocycles. The quantitative estimate of drug-likeness (QED) is 0.620. The van der Waals surface area contributed by atoms with Crippen LogP contribution in [0.2, 0.25) is 5.02 Å². The first-order valence-corrected chi connectivity index (χ1v) is 4.66. The summed E-state index contributed by atoms with van der Waals surface area (Å²) in [7, 11) is 0. The SMILES string of the molecule is O=c1nc2c(Cl)cccc2c2[nH]cnn12. The lowest BCUT2D eigenvalue weighted by atomic mass is 10.2. The van der Waals surface area contributed by atoms with E-state index >= 15 is 0 Å². The number of rotatable bonds is 0. The summed E-state index contributed by atoms with van der Waals surface area (Å²) in [5.74, 6) is 0. The van der Waals surface area contributed by atoms with E-state index in [1.54, 1.807) is 12.1 Å². The number of hydrogen-bond donors (Lipinski definition) is 1. The Labute approximate surface area is 88.3 Å². The molecule has 0 aliphatic heterocycles. The van der Waals surface area contributed by atoms with Gasteiger partial charge in [-0.3, -0.25) is 0 Å². The Morgan fingerprint density at radius 2 is 2.27 bits per heavy atom. The van der Waals surface area contributed by atoms with Gasteiger partial charge in [-0.2, -0.15) is 14.6 Å². The smallest absolute Gasteiger partial charge is 0.329 e. The molecular formula is C9H5ClN4O. The average Bonchev–Trinajstić information content (AvgIpc) is 2.69. The molecule has 5 nitrogen and oxygen atoms in total. The van der Waals surface area contributed by atoms with E-state index in [2.05, 4.69) is 15.1 Å². The van der Waals surface area contributed by atoms with Crippen molar-refractivity contribution in [1.82, 2.24) is 19.6 Å². The van der Waals surface area contributed by atoms with E-state index in [0.29, 0.717) is 16.2 Å². The molecule has 0 fully saturated rings. The van der Waals surface area contributed by atoms with Crippen molar-refractivity contribution < 1.29 is 0 Å². The highest BCUT2D eigenvalue weighted by molar-refractivity contribution is 6.35. The van der Waals surface area contributed by atoms with Crippen molar-refractivity contribution in [2.45, 2.75) is 0 Å². The third-order valence-corrected chi connectivity index (χ3v) is 2.52. The maximum Gasteiger partial charge on any atom is 0.370 e. The zero-order valence-corrected chi connectivity index (χ0v) is 8.19. The van der Waals surface area contributed by atoms with Gasteiger partial charge in [-0.25, -0.2) is 4.79 Å². The lowest BCUT2D eigenvalue weighted by Gasteiger charge is -1.99. The third-order valence-electron chi connectivity index (χ3n) is 2.22. The number of fused-ring (bicyclic) bond motifs is 3. The van der Waals surface area contributed by atoms with Crippen LogP contribution in [-0.4, -0.2) is 19.6 Å². The molecule has 0 spiro atoms. The van der Waals surface area contributed by atoms with E-state index in [9.17, 15) is 4.79 Å². The van der Waals surface area contributed by atoms with Crippen LogP contribution in [0.25, 0.3) is 16.6 Å². The van der Waals surface area contributed by atoms with Crippen LogP contribution in [0.1, 0.15) is 0 Å². The Hall–Kier alpha value is -1.88. The molecule has 0 amide bonds. The van der Waals surface area contributed by atoms with Gasteiger partial charge in [-0.05, 0) is 12.1 Å². The number of aromatic nitrogens is 4. The van der Waals surface area contributed by atoms with Crippen molar-refractivity contribution in [2.24, 2.45) is 0 Å². The molecule has 2 aromatic heterocycles. The Morgan fingerprint density at radius 3 is 3.13 bits per heavy atom. The number of nitrogens with one attached hydrogen (secondary N) is 1. The molecule has 0 aliphatic rings. The van der Waals surface area contributed by atoms with E-state index in [0.717, 1.165) is 5.39 Å². The van der Waals surface area contributed by atoms with Crippen molar-refractivity contribution in [3.05, 3.63) is 40.0 Å². The molecule has 0 atom stereocenters. The number of para-hydroxylation sites is 1. The predicted molar refractivity (Wildman–Crippen MR) is 56.1 cm³/mol. The molecule has 0 aliphatic carbocycles. The number of benzene rings is 1. The van der Waals surface area contributed by atoms with Crippen molar-refractivity contribution in [3.63, 3.8) is 0 Å². The number of H-pyrrole nitrogens is 1. The van der Waals surface area contributed by atoms with Crippen molar-refractivity contribution in [2.75, 3.05) is 0 Å². The molecule has 3 rings (SSSR count). The summed E-state index contributed by atoms with van der Waals surface area (Å²) >= 11 is 5.95. The zero-order valence-electron chi connectivity index (χ0n) is 7.44. The van der Waals surface area contributed by atoms with Gasteiger partial charge < -0.3 is 4.98 Å². The highest BCUT2D eigenvalue weighted by atomic mass is 35.5. The fourth-order valence-electron chi connectivity index (χ4n) is 1.57. The van der Waals surface area contributed by atoms with E-state index in [1.807, 2.05) is 6.07 Å². The summed E-state index contributed by atoms with van der Waals surface area (Å²) < 4.78 is 1.21. The van der Waals surface area contributed by atoms with Crippen LogP contribution in [0, 0.1) is 0 Å². The van der Waals surface area contributed by atoms with Crippen LogP contribution >= 0.6 is 11.6 Å². The van der Waals surface area contributed by atoms with Gasteiger partial charge in [0.2, 0.25) is 0 Å². The minimum absolute atomic E-state index is 0.438. The minimum atomic E-state index is -0.438. The summed E-state index contributed by atoms with van der Waals surface area (Å²) in [5.41, 5.74) is 0.660. The van der Waals surface area contributed by atoms with E-state index in [4.69, 9.17) is 11.6 Å². The molecule has 3 aromatic rings. The standard InChI is InChI=1S/C9H5ClN4O/c10-6-3-1-2-5-7(6)13-9(15)14-8(5)11-4-12-14/h1-4H,(H,11,12). The summed E-state index contributed by atoms with van der Waals surface area (Å²) in [6.07, 6.45) is 1.44. The van der Waals surface area contributed by atoms with Gasteiger partial charge in [0.05, 0.1) is 10.5 Å². The van der Waals surface area contributed by atoms with Gasteiger partial charge in [0, 0.05) is 5.39 Å². The van der Waals surface area contributed by atoms with Crippen molar-refractivity contribution in [1.29, 1.82) is 0 Å². The van der Waals surface area contributed by atoms with Gasteiger partial charge in [0.25, 0.3) is 0 Å². The predicted octanol–water partition coefficient (Wildman–Crippen LogP) is 1.22. The summed E-state index contributed by atoms with van der Waals surface area (Å²) in [6, 6.07) is 5.34. The van der Waals surface area contributed by atoms with Crippen LogP contribution < -0.4 is 5.69 Å². The second-order valence-electron chi connectivity index (χ2n) is 3.08. The van der Waals surface area contributed by atoms with Crippen LogP contribution in [0.15, 0.2) is 29.3 Å². The topological polar surface area (TPSA) is 63.0 Å². The Kier molecular flexibility index (Phi) is 1.58. The summed E-state index contributed by atoms with van der Waals surface area (Å²) in [4.78, 5) is 18.3. The Balaban J connectivity index is 2.72. The second kappa shape index (κ2) is 2.80. The number of hydrogen-bond acceptors (Lipinski definition) is 3. The first-order valence-electron chi connectivity index (χ1n) is 4.28. The molecule has 0 radical (unpaired) electrons. The highest BCUT2D eigenvalue weighted by Crippen LogP contribution is 2.21. The highest BCUT2D eigenvalue weighted by Gasteiger charge is 2.08. The van der Waals surface area contributed by atoms with Crippen LogP contribution in [-0.2, 0) is 0 Å². The largest absolute Gasteiger partial charge is 0.370 e.